The van der Waals surface area contributed by atoms with Crippen LogP contribution < -0.4 is 0 Å². The maximum Gasteiger partial charge on any atom is 0.306 e. The van der Waals surface area contributed by atoms with E-state index in [2.05, 4.69) is 93.7 Å². The van der Waals surface area contributed by atoms with Gasteiger partial charge in [-0.25, -0.2) is 0 Å². The van der Waals surface area contributed by atoms with Gasteiger partial charge in [-0.2, -0.15) is 0 Å². The summed E-state index contributed by atoms with van der Waals surface area (Å²) < 4.78 is 16.7. The third-order valence-electron chi connectivity index (χ3n) is 9.49. The number of ether oxygens (including phenoxy) is 3. The molecule has 0 rings (SSSR count). The number of carbonyl (C=O) groups excluding carboxylic acids is 3. The highest BCUT2D eigenvalue weighted by atomic mass is 16.6. The summed E-state index contributed by atoms with van der Waals surface area (Å²) in [5.41, 5.74) is 0. The van der Waals surface area contributed by atoms with E-state index in [1.807, 2.05) is 0 Å². The average Bonchev–Trinajstić information content (AvgIpc) is 3.19. The molecule has 0 fully saturated rings. The summed E-state index contributed by atoms with van der Waals surface area (Å²) >= 11 is 0. The molecule has 0 radical (unpaired) electrons. The monoisotopic (exact) mass is 781 g/mol. The Balaban J connectivity index is 4.41. The van der Waals surface area contributed by atoms with Crippen LogP contribution in [0.15, 0.2) is 72.9 Å². The minimum Gasteiger partial charge on any atom is -0.462 e. The number of hydrogen-bond acceptors (Lipinski definition) is 6. The molecule has 6 nitrogen and oxygen atoms in total. The second kappa shape index (κ2) is 44.6. The highest BCUT2D eigenvalue weighted by Crippen LogP contribution is 2.13. The lowest BCUT2D eigenvalue weighted by Crippen LogP contribution is -2.30. The first kappa shape index (κ1) is 52.9. The van der Waals surface area contributed by atoms with Crippen molar-refractivity contribution in [2.75, 3.05) is 13.2 Å². The van der Waals surface area contributed by atoms with Crippen molar-refractivity contribution in [1.29, 1.82) is 0 Å². The number of unbranched alkanes of at least 4 members (excludes halogenated alkanes) is 19. The number of carbonyl (C=O) groups is 3. The summed E-state index contributed by atoms with van der Waals surface area (Å²) in [7, 11) is 0. The summed E-state index contributed by atoms with van der Waals surface area (Å²) in [4.78, 5) is 37.7. The fraction of sp³-hybridized carbons (Fsp3) is 0.700. The molecule has 6 heteroatoms. The quantitative estimate of drug-likeness (QED) is 0.0203. The maximum absolute atomic E-state index is 12.7. The molecule has 0 aliphatic heterocycles. The summed E-state index contributed by atoms with van der Waals surface area (Å²) in [6.45, 7) is 6.31. The Kier molecular flexibility index (Phi) is 42.1. The lowest BCUT2D eigenvalue weighted by Gasteiger charge is -2.18. The number of rotatable bonds is 40. The molecule has 0 aliphatic rings. The van der Waals surface area contributed by atoms with Crippen LogP contribution in [0.3, 0.4) is 0 Å². The predicted octanol–water partition coefficient (Wildman–Crippen LogP) is 14.7. The van der Waals surface area contributed by atoms with Crippen LogP contribution in [0.25, 0.3) is 0 Å². The van der Waals surface area contributed by atoms with E-state index >= 15 is 0 Å². The Hall–Kier alpha value is -3.15. The third kappa shape index (κ3) is 42.0. The van der Waals surface area contributed by atoms with Crippen molar-refractivity contribution < 1.29 is 28.6 Å². The third-order valence-corrected chi connectivity index (χ3v) is 9.49. The van der Waals surface area contributed by atoms with Crippen molar-refractivity contribution in [3.8, 4) is 0 Å². The highest BCUT2D eigenvalue weighted by Gasteiger charge is 2.19. The lowest BCUT2D eigenvalue weighted by molar-refractivity contribution is -0.167. The number of esters is 3. The van der Waals surface area contributed by atoms with Crippen molar-refractivity contribution in [2.24, 2.45) is 0 Å². The molecule has 0 amide bonds. The van der Waals surface area contributed by atoms with Crippen LogP contribution in [-0.2, 0) is 28.6 Å². The van der Waals surface area contributed by atoms with E-state index in [0.717, 1.165) is 83.5 Å². The molecular weight excluding hydrogens is 697 g/mol. The SMILES string of the molecule is CC\C=C/C=C\C=C/CCCCCCCCCC(=O)OCC(COC(=O)CCC/C=C\CCCCCC)OC(=O)CCCCCCCCC/C=C\C/C=C\CC. The standard InChI is InChI=1S/C50H84O6/c1-4-7-10-13-16-19-21-23-25-27-28-31-34-37-40-43-49(52)55-46-47(45-54-48(51)42-39-36-33-30-18-15-12-9-6-3)56-50(53)44-41-38-35-32-29-26-24-22-20-17-14-11-8-5-2/h7-8,10-11,13,16-17,19-21,30,33,47H,4-6,9,12,14-15,18,22-29,31-32,34-46H2,1-3H3/b10-7-,11-8-,16-13-,20-17-,21-19-,33-30-. The lowest BCUT2D eigenvalue weighted by atomic mass is 10.1. The van der Waals surface area contributed by atoms with E-state index < -0.39 is 6.10 Å². The second-order valence-electron chi connectivity index (χ2n) is 15.0. The van der Waals surface area contributed by atoms with Gasteiger partial charge in [0.25, 0.3) is 0 Å². The minimum atomic E-state index is -0.793. The van der Waals surface area contributed by atoms with Crippen LogP contribution in [0.1, 0.15) is 207 Å². The van der Waals surface area contributed by atoms with Gasteiger partial charge >= 0.3 is 17.9 Å². The summed E-state index contributed by atoms with van der Waals surface area (Å²) in [6, 6.07) is 0. The van der Waals surface area contributed by atoms with Gasteiger partial charge in [0.1, 0.15) is 13.2 Å². The van der Waals surface area contributed by atoms with Crippen molar-refractivity contribution in [2.45, 2.75) is 213 Å². The minimum absolute atomic E-state index is 0.0943. The first-order valence-electron chi connectivity index (χ1n) is 23.0. The Morgan fingerprint density at radius 1 is 0.393 bits per heavy atom. The second-order valence-corrected chi connectivity index (χ2v) is 15.0. The maximum atomic E-state index is 12.7. The summed E-state index contributed by atoms with van der Waals surface area (Å²) in [5.74, 6) is -0.956. The van der Waals surface area contributed by atoms with Crippen molar-refractivity contribution in [1.82, 2.24) is 0 Å². The Morgan fingerprint density at radius 3 is 1.36 bits per heavy atom. The molecular formula is C50H84O6. The van der Waals surface area contributed by atoms with Crippen molar-refractivity contribution in [3.63, 3.8) is 0 Å². The zero-order chi connectivity index (χ0) is 40.8. The molecule has 0 saturated heterocycles. The fourth-order valence-electron chi connectivity index (χ4n) is 6.07. The van der Waals surface area contributed by atoms with Gasteiger partial charge in [-0.1, -0.05) is 177 Å². The van der Waals surface area contributed by atoms with Crippen LogP contribution in [0, 0.1) is 0 Å². The summed E-state index contributed by atoms with van der Waals surface area (Å²) in [6.07, 6.45) is 54.6. The Morgan fingerprint density at radius 2 is 0.804 bits per heavy atom. The molecule has 0 saturated carbocycles. The van der Waals surface area contributed by atoms with Crippen LogP contribution in [0.2, 0.25) is 0 Å². The van der Waals surface area contributed by atoms with E-state index in [0.29, 0.717) is 25.7 Å². The number of allylic oxidation sites excluding steroid dienone is 12. The largest absolute Gasteiger partial charge is 0.462 e. The van der Waals surface area contributed by atoms with Crippen molar-refractivity contribution in [3.05, 3.63) is 72.9 Å². The van der Waals surface area contributed by atoms with Gasteiger partial charge < -0.3 is 14.2 Å². The smallest absolute Gasteiger partial charge is 0.306 e. The molecule has 0 aromatic carbocycles. The van der Waals surface area contributed by atoms with Gasteiger partial charge in [-0.15, -0.1) is 0 Å². The van der Waals surface area contributed by atoms with E-state index in [9.17, 15) is 14.4 Å². The topological polar surface area (TPSA) is 78.9 Å². The fourth-order valence-corrected chi connectivity index (χ4v) is 6.07. The van der Waals surface area contributed by atoms with Gasteiger partial charge in [0.2, 0.25) is 0 Å². The first-order chi connectivity index (χ1) is 27.5. The predicted molar refractivity (Wildman–Crippen MR) is 238 cm³/mol. The molecule has 0 aliphatic carbocycles. The van der Waals surface area contributed by atoms with Gasteiger partial charge in [-0.05, 0) is 83.5 Å². The molecule has 0 spiro atoms. The summed E-state index contributed by atoms with van der Waals surface area (Å²) in [5, 5.41) is 0. The Bertz CT molecular complexity index is 1080. The molecule has 56 heavy (non-hydrogen) atoms. The Labute approximate surface area is 344 Å². The molecule has 0 aromatic heterocycles. The molecule has 0 bridgehead atoms. The molecule has 0 heterocycles. The molecule has 0 N–H and O–H groups in total. The average molecular weight is 781 g/mol. The van der Waals surface area contributed by atoms with E-state index in [4.69, 9.17) is 14.2 Å². The number of hydrogen-bond donors (Lipinski definition) is 0. The van der Waals surface area contributed by atoms with Gasteiger partial charge in [0.15, 0.2) is 6.10 Å². The molecule has 0 aromatic rings. The van der Waals surface area contributed by atoms with Crippen LogP contribution in [0.5, 0.6) is 0 Å². The van der Waals surface area contributed by atoms with Gasteiger partial charge in [-0.3, -0.25) is 14.4 Å². The van der Waals surface area contributed by atoms with Crippen LogP contribution in [-0.4, -0.2) is 37.2 Å². The van der Waals surface area contributed by atoms with Crippen LogP contribution in [0.4, 0.5) is 0 Å². The molecule has 1 unspecified atom stereocenters. The van der Waals surface area contributed by atoms with E-state index in [1.165, 1.54) is 77.0 Å². The zero-order valence-electron chi connectivity index (χ0n) is 36.4. The highest BCUT2D eigenvalue weighted by molar-refractivity contribution is 5.71. The van der Waals surface area contributed by atoms with E-state index in [-0.39, 0.29) is 31.1 Å². The van der Waals surface area contributed by atoms with Crippen molar-refractivity contribution >= 4 is 17.9 Å². The first-order valence-corrected chi connectivity index (χ1v) is 23.0. The van der Waals surface area contributed by atoms with E-state index in [1.54, 1.807) is 0 Å². The van der Waals surface area contributed by atoms with Crippen LogP contribution >= 0.6 is 0 Å². The van der Waals surface area contributed by atoms with Gasteiger partial charge in [0, 0.05) is 19.3 Å². The zero-order valence-corrected chi connectivity index (χ0v) is 36.4. The molecule has 1 atom stereocenters. The molecule has 320 valence electrons. The van der Waals surface area contributed by atoms with Gasteiger partial charge in [0.05, 0.1) is 0 Å². The normalized spacial score (nSPS) is 12.7.